The van der Waals surface area contributed by atoms with Gasteiger partial charge in [-0.1, -0.05) is 56.3 Å². The molecule has 6 nitrogen and oxygen atoms in total. The highest BCUT2D eigenvalue weighted by Crippen LogP contribution is 2.40. The zero-order chi connectivity index (χ0) is 23.1. The molecule has 3 rings (SSSR count). The Morgan fingerprint density at radius 3 is 2.62 bits per heavy atom. The van der Waals surface area contributed by atoms with Crippen molar-refractivity contribution in [3.63, 3.8) is 0 Å². The standard InChI is InChI=1S/C26H34N2O4/c1-4-32-24(30)13-14-28(18-20-9-6-5-7-10-20)25(31)23-16-26(3,19(2)17-27-23)21-11-8-12-22(29)15-21/h5-12,15,19,23,27,29H,4,13-14,16-18H2,1-3H3/t19-,23+,26+/m0/s1. The number of hydrogen-bond donors (Lipinski definition) is 2. The summed E-state index contributed by atoms with van der Waals surface area (Å²) in [6.07, 6.45) is 0.778. The summed E-state index contributed by atoms with van der Waals surface area (Å²) in [4.78, 5) is 27.3. The molecule has 0 aliphatic carbocycles. The Balaban J connectivity index is 1.80. The lowest BCUT2D eigenvalue weighted by atomic mass is 9.66. The minimum Gasteiger partial charge on any atom is -0.508 e. The maximum Gasteiger partial charge on any atom is 0.307 e. The molecule has 3 atom stereocenters. The number of carbonyl (C=O) groups excluding carboxylic acids is 2. The fourth-order valence-electron chi connectivity index (χ4n) is 4.43. The Kier molecular flexibility index (Phi) is 7.91. The van der Waals surface area contributed by atoms with Crippen molar-refractivity contribution in [2.45, 2.75) is 51.6 Å². The Labute approximate surface area is 190 Å². The first kappa shape index (κ1) is 23.8. The van der Waals surface area contributed by atoms with E-state index >= 15 is 0 Å². The average Bonchev–Trinajstić information content (AvgIpc) is 2.79. The van der Waals surface area contributed by atoms with Crippen molar-refractivity contribution in [3.8, 4) is 5.75 Å². The van der Waals surface area contributed by atoms with E-state index in [2.05, 4.69) is 19.2 Å². The van der Waals surface area contributed by atoms with Gasteiger partial charge < -0.3 is 20.1 Å². The van der Waals surface area contributed by atoms with E-state index in [9.17, 15) is 14.7 Å². The van der Waals surface area contributed by atoms with Crippen LogP contribution in [0.2, 0.25) is 0 Å². The first-order valence-electron chi connectivity index (χ1n) is 11.3. The predicted octanol–water partition coefficient (Wildman–Crippen LogP) is 3.63. The number of piperidine rings is 1. The second-order valence-corrected chi connectivity index (χ2v) is 8.83. The number of amides is 1. The summed E-state index contributed by atoms with van der Waals surface area (Å²) >= 11 is 0. The summed E-state index contributed by atoms with van der Waals surface area (Å²) in [7, 11) is 0. The molecule has 0 bridgehead atoms. The smallest absolute Gasteiger partial charge is 0.307 e. The third-order valence-corrected chi connectivity index (χ3v) is 6.61. The van der Waals surface area contributed by atoms with Crippen LogP contribution in [-0.2, 0) is 26.3 Å². The van der Waals surface area contributed by atoms with E-state index in [0.29, 0.717) is 32.7 Å². The van der Waals surface area contributed by atoms with Crippen molar-refractivity contribution >= 4 is 11.9 Å². The van der Waals surface area contributed by atoms with Crippen LogP contribution in [0.5, 0.6) is 5.75 Å². The number of nitrogens with one attached hydrogen (secondary N) is 1. The lowest BCUT2D eigenvalue weighted by Gasteiger charge is -2.45. The molecular formula is C26H34N2O4. The molecule has 172 valence electrons. The molecule has 1 saturated heterocycles. The quantitative estimate of drug-likeness (QED) is 0.616. The van der Waals surface area contributed by atoms with E-state index in [4.69, 9.17) is 4.74 Å². The van der Waals surface area contributed by atoms with Crippen molar-refractivity contribution < 1.29 is 19.4 Å². The maximum atomic E-state index is 13.6. The molecule has 0 saturated carbocycles. The molecule has 6 heteroatoms. The van der Waals surface area contributed by atoms with E-state index in [1.54, 1.807) is 24.0 Å². The monoisotopic (exact) mass is 438 g/mol. The Morgan fingerprint density at radius 1 is 1.19 bits per heavy atom. The van der Waals surface area contributed by atoms with Crippen LogP contribution in [0.1, 0.15) is 44.7 Å². The van der Waals surface area contributed by atoms with Gasteiger partial charge in [0, 0.05) is 13.1 Å². The van der Waals surface area contributed by atoms with Crippen LogP contribution in [0.15, 0.2) is 54.6 Å². The van der Waals surface area contributed by atoms with Crippen LogP contribution >= 0.6 is 0 Å². The summed E-state index contributed by atoms with van der Waals surface area (Å²) in [6.45, 7) is 7.88. The van der Waals surface area contributed by atoms with Crippen LogP contribution in [0, 0.1) is 5.92 Å². The van der Waals surface area contributed by atoms with E-state index in [1.165, 1.54) is 0 Å². The molecule has 0 unspecified atom stereocenters. The van der Waals surface area contributed by atoms with Crippen LogP contribution < -0.4 is 5.32 Å². The zero-order valence-corrected chi connectivity index (χ0v) is 19.2. The van der Waals surface area contributed by atoms with Gasteiger partial charge in [-0.25, -0.2) is 0 Å². The molecule has 1 amide bonds. The lowest BCUT2D eigenvalue weighted by molar-refractivity contribution is -0.144. The van der Waals surface area contributed by atoms with Crippen molar-refractivity contribution in [1.82, 2.24) is 10.2 Å². The summed E-state index contributed by atoms with van der Waals surface area (Å²) in [6, 6.07) is 16.8. The number of ether oxygens (including phenoxy) is 1. The van der Waals surface area contributed by atoms with Crippen molar-refractivity contribution in [2.75, 3.05) is 19.7 Å². The SMILES string of the molecule is CCOC(=O)CCN(Cc1ccccc1)C(=O)[C@H]1C[C@@](C)(c2cccc(O)c2)[C@@H](C)CN1. The van der Waals surface area contributed by atoms with Crippen LogP contribution in [0.25, 0.3) is 0 Å². The van der Waals surface area contributed by atoms with E-state index < -0.39 is 0 Å². The van der Waals surface area contributed by atoms with Gasteiger partial charge in [-0.15, -0.1) is 0 Å². The molecule has 2 aromatic carbocycles. The maximum absolute atomic E-state index is 13.6. The number of phenols is 1. The second kappa shape index (κ2) is 10.6. The van der Waals surface area contributed by atoms with E-state index in [1.807, 2.05) is 42.5 Å². The van der Waals surface area contributed by atoms with Crippen LogP contribution in [0.4, 0.5) is 0 Å². The van der Waals surface area contributed by atoms with Gasteiger partial charge >= 0.3 is 5.97 Å². The van der Waals surface area contributed by atoms with Gasteiger partial charge in [-0.2, -0.15) is 0 Å². The molecule has 1 aliphatic heterocycles. The molecule has 2 aromatic rings. The molecule has 0 spiro atoms. The minimum atomic E-state index is -0.371. The van der Waals surface area contributed by atoms with Gasteiger partial charge in [0.2, 0.25) is 5.91 Å². The van der Waals surface area contributed by atoms with Crippen molar-refractivity contribution in [1.29, 1.82) is 0 Å². The van der Waals surface area contributed by atoms with Gasteiger partial charge in [0.05, 0.1) is 19.1 Å². The zero-order valence-electron chi connectivity index (χ0n) is 19.2. The van der Waals surface area contributed by atoms with Crippen molar-refractivity contribution in [2.24, 2.45) is 5.92 Å². The highest BCUT2D eigenvalue weighted by molar-refractivity contribution is 5.83. The second-order valence-electron chi connectivity index (χ2n) is 8.83. The Bertz CT molecular complexity index is 917. The number of phenolic OH excluding ortho intramolecular Hbond substituents is 1. The van der Waals surface area contributed by atoms with Gasteiger partial charge in [-0.3, -0.25) is 9.59 Å². The third-order valence-electron chi connectivity index (χ3n) is 6.61. The third kappa shape index (κ3) is 5.68. The number of rotatable bonds is 8. The van der Waals surface area contributed by atoms with Gasteiger partial charge in [0.25, 0.3) is 0 Å². The molecule has 2 N–H and O–H groups in total. The van der Waals surface area contributed by atoms with Gasteiger partial charge in [-0.05, 0) is 54.5 Å². The summed E-state index contributed by atoms with van der Waals surface area (Å²) in [5, 5.41) is 13.4. The first-order chi connectivity index (χ1) is 15.3. The highest BCUT2D eigenvalue weighted by Gasteiger charge is 2.42. The largest absolute Gasteiger partial charge is 0.508 e. The number of esters is 1. The molecule has 0 aromatic heterocycles. The average molecular weight is 439 g/mol. The molecule has 0 radical (unpaired) electrons. The van der Waals surface area contributed by atoms with E-state index in [0.717, 1.165) is 11.1 Å². The fraction of sp³-hybridized carbons (Fsp3) is 0.462. The van der Waals surface area contributed by atoms with Crippen LogP contribution in [0.3, 0.4) is 0 Å². The summed E-state index contributed by atoms with van der Waals surface area (Å²) < 4.78 is 5.07. The summed E-state index contributed by atoms with van der Waals surface area (Å²) in [5.41, 5.74) is 1.79. The number of benzene rings is 2. The molecule has 1 heterocycles. The summed E-state index contributed by atoms with van der Waals surface area (Å²) in [5.74, 6) is 0.206. The topological polar surface area (TPSA) is 78.9 Å². The van der Waals surface area contributed by atoms with Gasteiger partial charge in [0.1, 0.15) is 5.75 Å². The van der Waals surface area contributed by atoms with Gasteiger partial charge in [0.15, 0.2) is 0 Å². The first-order valence-corrected chi connectivity index (χ1v) is 11.3. The number of carbonyl (C=O) groups is 2. The normalized spacial score (nSPS) is 22.8. The van der Waals surface area contributed by atoms with Crippen LogP contribution in [-0.4, -0.2) is 47.6 Å². The minimum absolute atomic E-state index is 0.0172. The Morgan fingerprint density at radius 2 is 1.94 bits per heavy atom. The molecule has 1 aliphatic rings. The Hall–Kier alpha value is -2.86. The van der Waals surface area contributed by atoms with E-state index in [-0.39, 0.29) is 41.4 Å². The van der Waals surface area contributed by atoms with Crippen molar-refractivity contribution in [3.05, 3.63) is 65.7 Å². The lowest BCUT2D eigenvalue weighted by Crippen LogP contribution is -2.57. The molecule has 1 fully saturated rings. The molecular weight excluding hydrogens is 404 g/mol. The number of aromatic hydroxyl groups is 1. The number of nitrogens with zero attached hydrogens (tertiary/aromatic N) is 1. The predicted molar refractivity (Wildman–Crippen MR) is 124 cm³/mol. The fourth-order valence-corrected chi connectivity index (χ4v) is 4.43. The highest BCUT2D eigenvalue weighted by atomic mass is 16.5. The number of hydrogen-bond acceptors (Lipinski definition) is 5. The molecule has 32 heavy (non-hydrogen) atoms.